The van der Waals surface area contributed by atoms with Gasteiger partial charge in [-0.05, 0) is 41.8 Å². The SMILES string of the molecule is CC1CC(NS(=O)(=O)c2cc(Br)cnc2Cl)CCO1. The van der Waals surface area contributed by atoms with Crippen LogP contribution < -0.4 is 4.72 Å². The van der Waals surface area contributed by atoms with Crippen LogP contribution in [0.2, 0.25) is 5.15 Å². The molecule has 8 heteroatoms. The van der Waals surface area contributed by atoms with Crippen LogP contribution in [0.1, 0.15) is 19.8 Å². The molecule has 1 aliphatic heterocycles. The first-order valence-electron chi connectivity index (χ1n) is 5.83. The molecule has 0 aliphatic carbocycles. The minimum Gasteiger partial charge on any atom is -0.378 e. The van der Waals surface area contributed by atoms with Crippen molar-refractivity contribution in [3.8, 4) is 0 Å². The van der Waals surface area contributed by atoms with Crippen molar-refractivity contribution >= 4 is 37.6 Å². The van der Waals surface area contributed by atoms with Gasteiger partial charge >= 0.3 is 0 Å². The number of hydrogen-bond acceptors (Lipinski definition) is 4. The van der Waals surface area contributed by atoms with Gasteiger partial charge in [-0.25, -0.2) is 18.1 Å². The first-order chi connectivity index (χ1) is 8.88. The number of halogens is 2. The van der Waals surface area contributed by atoms with E-state index in [9.17, 15) is 8.42 Å². The van der Waals surface area contributed by atoms with E-state index >= 15 is 0 Å². The highest BCUT2D eigenvalue weighted by Crippen LogP contribution is 2.24. The third-order valence-electron chi connectivity index (χ3n) is 2.87. The van der Waals surface area contributed by atoms with Crippen LogP contribution in [0.5, 0.6) is 0 Å². The normalized spacial score (nSPS) is 24.4. The van der Waals surface area contributed by atoms with Gasteiger partial charge in [0.05, 0.1) is 6.10 Å². The highest BCUT2D eigenvalue weighted by molar-refractivity contribution is 9.10. The first kappa shape index (κ1) is 15.2. The van der Waals surface area contributed by atoms with Crippen LogP contribution in [0.25, 0.3) is 0 Å². The molecule has 0 bridgehead atoms. The predicted molar refractivity (Wildman–Crippen MR) is 75.7 cm³/mol. The number of sulfonamides is 1. The van der Waals surface area contributed by atoms with Gasteiger partial charge in [-0.2, -0.15) is 0 Å². The molecule has 2 unspecified atom stereocenters. The third-order valence-corrected chi connectivity index (χ3v) is 5.25. The molecule has 1 aliphatic rings. The van der Waals surface area contributed by atoms with Crippen LogP contribution in [0, 0.1) is 0 Å². The lowest BCUT2D eigenvalue weighted by atomic mass is 10.1. The average molecular weight is 370 g/mol. The minimum absolute atomic E-state index is 0.0114. The van der Waals surface area contributed by atoms with Crippen molar-refractivity contribution in [3.63, 3.8) is 0 Å². The topological polar surface area (TPSA) is 68.3 Å². The summed E-state index contributed by atoms with van der Waals surface area (Å²) in [5.41, 5.74) is 0. The second kappa shape index (κ2) is 6.05. The van der Waals surface area contributed by atoms with Crippen LogP contribution >= 0.6 is 27.5 Å². The molecule has 106 valence electrons. The number of nitrogens with zero attached hydrogens (tertiary/aromatic N) is 1. The fourth-order valence-electron chi connectivity index (χ4n) is 1.98. The van der Waals surface area contributed by atoms with Crippen molar-refractivity contribution in [2.75, 3.05) is 6.61 Å². The van der Waals surface area contributed by atoms with Crippen molar-refractivity contribution in [3.05, 3.63) is 21.9 Å². The molecule has 5 nitrogen and oxygen atoms in total. The summed E-state index contributed by atoms with van der Waals surface area (Å²) >= 11 is 9.04. The smallest absolute Gasteiger partial charge is 0.243 e. The number of aromatic nitrogens is 1. The van der Waals surface area contributed by atoms with Crippen LogP contribution in [0.15, 0.2) is 21.6 Å². The summed E-state index contributed by atoms with van der Waals surface area (Å²) in [5, 5.41) is -0.0317. The average Bonchev–Trinajstić information content (AvgIpc) is 2.31. The van der Waals surface area contributed by atoms with Crippen LogP contribution in [-0.4, -0.2) is 32.2 Å². The maximum atomic E-state index is 12.3. The maximum Gasteiger partial charge on any atom is 0.243 e. The molecule has 0 spiro atoms. The van der Waals surface area contributed by atoms with Crippen molar-refractivity contribution in [1.82, 2.24) is 9.71 Å². The van der Waals surface area contributed by atoms with Gasteiger partial charge in [0.1, 0.15) is 10.0 Å². The molecule has 0 aromatic carbocycles. The number of hydrogen-bond donors (Lipinski definition) is 1. The van der Waals surface area contributed by atoms with E-state index in [1.54, 1.807) is 0 Å². The Labute approximate surface area is 125 Å². The molecule has 1 saturated heterocycles. The summed E-state index contributed by atoms with van der Waals surface area (Å²) in [6.45, 7) is 2.48. The molecular weight excluding hydrogens is 356 g/mol. The molecule has 1 N–H and O–H groups in total. The van der Waals surface area contributed by atoms with Gasteiger partial charge < -0.3 is 4.74 Å². The summed E-state index contributed by atoms with van der Waals surface area (Å²) in [5.74, 6) is 0. The minimum atomic E-state index is -3.67. The standard InChI is InChI=1S/C11H14BrClN2O3S/c1-7-4-9(2-3-18-7)15-19(16,17)10-5-8(12)6-14-11(10)13/h5-7,9,15H,2-4H2,1H3. The molecule has 0 radical (unpaired) electrons. The highest BCUT2D eigenvalue weighted by atomic mass is 79.9. The van der Waals surface area contributed by atoms with Gasteiger partial charge in [-0.15, -0.1) is 0 Å². The Hall–Kier alpha value is -0.210. The van der Waals surface area contributed by atoms with E-state index in [2.05, 4.69) is 25.6 Å². The molecule has 1 fully saturated rings. The third kappa shape index (κ3) is 3.88. The van der Waals surface area contributed by atoms with E-state index in [0.717, 1.165) is 0 Å². The van der Waals surface area contributed by atoms with Crippen LogP contribution in [0.4, 0.5) is 0 Å². The van der Waals surface area contributed by atoms with E-state index < -0.39 is 10.0 Å². The molecule has 1 aromatic heterocycles. The quantitative estimate of drug-likeness (QED) is 0.830. The molecule has 2 rings (SSSR count). The first-order valence-corrected chi connectivity index (χ1v) is 8.49. The lowest BCUT2D eigenvalue weighted by Gasteiger charge is -2.27. The molecule has 2 heterocycles. The maximum absolute atomic E-state index is 12.3. The van der Waals surface area contributed by atoms with Gasteiger partial charge in [0, 0.05) is 23.3 Å². The zero-order valence-electron chi connectivity index (χ0n) is 10.3. The van der Waals surface area contributed by atoms with Gasteiger partial charge in [0.25, 0.3) is 0 Å². The Morgan fingerprint density at radius 3 is 3.00 bits per heavy atom. The van der Waals surface area contributed by atoms with Gasteiger partial charge in [-0.1, -0.05) is 11.6 Å². The summed E-state index contributed by atoms with van der Waals surface area (Å²) in [4.78, 5) is 3.82. The second-order valence-electron chi connectivity index (χ2n) is 4.47. The number of nitrogens with one attached hydrogen (secondary N) is 1. The molecule has 0 amide bonds. The van der Waals surface area contributed by atoms with E-state index in [1.807, 2.05) is 6.92 Å². The Morgan fingerprint density at radius 1 is 1.58 bits per heavy atom. The fraction of sp³-hybridized carbons (Fsp3) is 0.545. The molecule has 19 heavy (non-hydrogen) atoms. The van der Waals surface area contributed by atoms with Crippen molar-refractivity contribution in [1.29, 1.82) is 0 Å². The predicted octanol–water partition coefficient (Wildman–Crippen LogP) is 2.34. The van der Waals surface area contributed by atoms with Crippen molar-refractivity contribution < 1.29 is 13.2 Å². The summed E-state index contributed by atoms with van der Waals surface area (Å²) in [6, 6.07) is 1.31. The fourth-order valence-corrected chi connectivity index (χ4v) is 4.21. The van der Waals surface area contributed by atoms with E-state index in [1.165, 1.54) is 12.3 Å². The Kier molecular flexibility index (Phi) is 4.84. The van der Waals surface area contributed by atoms with E-state index in [0.29, 0.717) is 23.9 Å². The Balaban J connectivity index is 2.20. The van der Waals surface area contributed by atoms with Crippen molar-refractivity contribution in [2.45, 2.75) is 36.8 Å². The molecule has 0 saturated carbocycles. The number of pyridine rings is 1. The molecular formula is C11H14BrClN2O3S. The summed E-state index contributed by atoms with van der Waals surface area (Å²) < 4.78 is 33.2. The Morgan fingerprint density at radius 2 is 2.32 bits per heavy atom. The van der Waals surface area contributed by atoms with Crippen molar-refractivity contribution in [2.24, 2.45) is 0 Å². The summed E-state index contributed by atoms with van der Waals surface area (Å²) in [6.07, 6.45) is 2.82. The zero-order valence-corrected chi connectivity index (χ0v) is 13.4. The van der Waals surface area contributed by atoms with Gasteiger partial charge in [-0.3, -0.25) is 0 Å². The number of ether oxygens (including phenoxy) is 1. The zero-order chi connectivity index (χ0) is 14.0. The largest absolute Gasteiger partial charge is 0.378 e. The second-order valence-corrected chi connectivity index (χ2v) is 7.42. The summed E-state index contributed by atoms with van der Waals surface area (Å²) in [7, 11) is -3.67. The highest BCUT2D eigenvalue weighted by Gasteiger charge is 2.27. The van der Waals surface area contributed by atoms with Crippen LogP contribution in [-0.2, 0) is 14.8 Å². The lowest BCUT2D eigenvalue weighted by Crippen LogP contribution is -2.41. The number of rotatable bonds is 3. The Bertz CT molecular complexity index is 567. The molecule has 2 atom stereocenters. The monoisotopic (exact) mass is 368 g/mol. The van der Waals surface area contributed by atoms with E-state index in [4.69, 9.17) is 16.3 Å². The van der Waals surface area contributed by atoms with Gasteiger partial charge in [0.2, 0.25) is 10.0 Å². The molecule has 1 aromatic rings. The van der Waals surface area contributed by atoms with E-state index in [-0.39, 0.29) is 22.2 Å². The lowest BCUT2D eigenvalue weighted by molar-refractivity contribution is 0.0173. The van der Waals surface area contributed by atoms with Gasteiger partial charge in [0.15, 0.2) is 0 Å². The van der Waals surface area contributed by atoms with Crippen LogP contribution in [0.3, 0.4) is 0 Å².